The summed E-state index contributed by atoms with van der Waals surface area (Å²) in [5, 5.41) is 3.66. The summed E-state index contributed by atoms with van der Waals surface area (Å²) >= 11 is 0. The van der Waals surface area contributed by atoms with Gasteiger partial charge in [0.25, 0.3) is 5.91 Å². The minimum absolute atomic E-state index is 0.0320. The van der Waals surface area contributed by atoms with Crippen molar-refractivity contribution in [2.45, 2.75) is 37.4 Å². The zero-order valence-electron chi connectivity index (χ0n) is 16.4. The molecule has 2 aromatic rings. The topological polar surface area (TPSA) is 58.6 Å². The second kappa shape index (κ2) is 8.30. The summed E-state index contributed by atoms with van der Waals surface area (Å²) in [5.74, 6) is -3.44. The summed E-state index contributed by atoms with van der Waals surface area (Å²) < 4.78 is 51.8. The molecule has 31 heavy (non-hydrogen) atoms. The van der Waals surface area contributed by atoms with Crippen molar-refractivity contribution in [1.29, 1.82) is 0 Å². The number of halogens is 4. The SMILES string of the molecule is O=C(c1cccc(C2CC2NCC2CC2)c1)N(OC(=O)C(F)(F)F)c1cccc(F)c1. The molecule has 2 unspecified atom stereocenters. The van der Waals surface area contributed by atoms with Gasteiger partial charge < -0.3 is 10.2 Å². The first-order chi connectivity index (χ1) is 14.7. The predicted octanol–water partition coefficient (Wildman–Crippen LogP) is 4.35. The van der Waals surface area contributed by atoms with Gasteiger partial charge in [0.05, 0.1) is 5.69 Å². The molecule has 2 aliphatic rings. The Labute approximate surface area is 175 Å². The van der Waals surface area contributed by atoms with Crippen molar-refractivity contribution in [2.75, 3.05) is 11.6 Å². The first-order valence-corrected chi connectivity index (χ1v) is 9.95. The zero-order chi connectivity index (χ0) is 22.2. The number of hydrogen-bond acceptors (Lipinski definition) is 4. The molecule has 0 bridgehead atoms. The van der Waals surface area contributed by atoms with Gasteiger partial charge in [-0.05, 0) is 61.6 Å². The average molecular weight is 436 g/mol. The van der Waals surface area contributed by atoms with E-state index in [1.54, 1.807) is 12.1 Å². The molecular formula is C22H20F4N2O3. The number of benzene rings is 2. The minimum atomic E-state index is -5.32. The van der Waals surface area contributed by atoms with Crippen molar-refractivity contribution in [3.63, 3.8) is 0 Å². The first kappa shape index (κ1) is 21.3. The van der Waals surface area contributed by atoms with Gasteiger partial charge in [-0.15, -0.1) is 5.06 Å². The maximum Gasteiger partial charge on any atom is 0.493 e. The van der Waals surface area contributed by atoms with Gasteiger partial charge in [0, 0.05) is 23.6 Å². The number of anilines is 1. The third-order valence-electron chi connectivity index (χ3n) is 5.35. The lowest BCUT2D eigenvalue weighted by atomic mass is 10.1. The molecule has 5 nitrogen and oxygen atoms in total. The maximum atomic E-state index is 13.6. The highest BCUT2D eigenvalue weighted by Gasteiger charge is 2.44. The van der Waals surface area contributed by atoms with Crippen LogP contribution >= 0.6 is 0 Å². The van der Waals surface area contributed by atoms with Crippen molar-refractivity contribution >= 4 is 17.6 Å². The number of hydroxylamine groups is 1. The lowest BCUT2D eigenvalue weighted by Crippen LogP contribution is -2.38. The van der Waals surface area contributed by atoms with Gasteiger partial charge in [-0.1, -0.05) is 18.2 Å². The Hall–Kier alpha value is -2.94. The van der Waals surface area contributed by atoms with Crippen molar-refractivity contribution in [3.8, 4) is 0 Å². The van der Waals surface area contributed by atoms with Crippen LogP contribution in [0.4, 0.5) is 23.2 Å². The van der Waals surface area contributed by atoms with Gasteiger partial charge in [-0.2, -0.15) is 13.2 Å². The molecule has 4 rings (SSSR count). The largest absolute Gasteiger partial charge is 0.493 e. The van der Waals surface area contributed by atoms with Crippen LogP contribution in [-0.2, 0) is 9.63 Å². The Morgan fingerprint density at radius 3 is 2.52 bits per heavy atom. The molecule has 164 valence electrons. The Morgan fingerprint density at radius 2 is 1.84 bits per heavy atom. The fourth-order valence-corrected chi connectivity index (χ4v) is 3.40. The molecule has 0 aromatic heterocycles. The summed E-state index contributed by atoms with van der Waals surface area (Å²) in [6.07, 6.45) is -1.94. The highest BCUT2D eigenvalue weighted by molar-refractivity contribution is 6.06. The Kier molecular flexibility index (Phi) is 5.70. The highest BCUT2D eigenvalue weighted by atomic mass is 19.4. The van der Waals surface area contributed by atoms with Gasteiger partial charge in [0.15, 0.2) is 0 Å². The third kappa shape index (κ3) is 5.22. The molecule has 0 spiro atoms. The van der Waals surface area contributed by atoms with Crippen LogP contribution in [-0.4, -0.2) is 30.6 Å². The molecule has 9 heteroatoms. The summed E-state index contributed by atoms with van der Waals surface area (Å²) in [6.45, 7) is 0.959. The Morgan fingerprint density at radius 1 is 1.10 bits per heavy atom. The molecule has 2 aliphatic carbocycles. The number of amides is 1. The van der Waals surface area contributed by atoms with E-state index < -0.39 is 23.9 Å². The smallest absolute Gasteiger partial charge is 0.324 e. The monoisotopic (exact) mass is 436 g/mol. The van der Waals surface area contributed by atoms with Crippen molar-refractivity contribution in [3.05, 3.63) is 65.5 Å². The number of carbonyl (C=O) groups is 2. The summed E-state index contributed by atoms with van der Waals surface area (Å²) in [5.41, 5.74) is 0.563. The Bertz CT molecular complexity index is 991. The third-order valence-corrected chi connectivity index (χ3v) is 5.35. The highest BCUT2D eigenvalue weighted by Crippen LogP contribution is 2.42. The molecular weight excluding hydrogens is 416 g/mol. The molecule has 1 amide bonds. The fraction of sp³-hybridized carbons (Fsp3) is 0.364. The molecule has 0 saturated heterocycles. The van der Waals surface area contributed by atoms with Gasteiger partial charge in [-0.25, -0.2) is 9.18 Å². The van der Waals surface area contributed by atoms with Gasteiger partial charge >= 0.3 is 12.1 Å². The molecule has 1 N–H and O–H groups in total. The summed E-state index contributed by atoms with van der Waals surface area (Å²) in [7, 11) is 0. The fourth-order valence-electron chi connectivity index (χ4n) is 3.40. The number of alkyl halides is 3. The van der Waals surface area contributed by atoms with Gasteiger partial charge in [0.2, 0.25) is 0 Å². The van der Waals surface area contributed by atoms with Crippen molar-refractivity contribution < 1.29 is 32.0 Å². The van der Waals surface area contributed by atoms with Crippen LogP contribution in [0.2, 0.25) is 0 Å². The minimum Gasteiger partial charge on any atom is -0.324 e. The lowest BCUT2D eigenvalue weighted by Gasteiger charge is -2.22. The quantitative estimate of drug-likeness (QED) is 0.541. The van der Waals surface area contributed by atoms with Crippen LogP contribution in [0, 0.1) is 11.7 Å². The van der Waals surface area contributed by atoms with E-state index in [4.69, 9.17) is 0 Å². The summed E-state index contributed by atoms with van der Waals surface area (Å²) in [4.78, 5) is 28.7. The lowest BCUT2D eigenvalue weighted by molar-refractivity contribution is -0.199. The zero-order valence-corrected chi connectivity index (χ0v) is 16.4. The van der Waals surface area contributed by atoms with Crippen LogP contribution in [0.1, 0.15) is 41.1 Å². The summed E-state index contributed by atoms with van der Waals surface area (Å²) in [6, 6.07) is 11.0. The van der Waals surface area contributed by atoms with E-state index in [1.165, 1.54) is 31.0 Å². The number of rotatable bonds is 6. The van der Waals surface area contributed by atoms with Gasteiger partial charge in [0.1, 0.15) is 5.82 Å². The van der Waals surface area contributed by atoms with E-state index in [0.717, 1.165) is 36.6 Å². The molecule has 2 saturated carbocycles. The molecule has 0 aliphatic heterocycles. The molecule has 2 atom stereocenters. The van der Waals surface area contributed by atoms with Crippen LogP contribution in [0.3, 0.4) is 0 Å². The number of hydrogen-bond donors (Lipinski definition) is 1. The molecule has 0 radical (unpaired) electrons. The normalized spacial score (nSPS) is 20.3. The Balaban J connectivity index is 1.54. The van der Waals surface area contributed by atoms with E-state index in [1.807, 2.05) is 6.07 Å². The van der Waals surface area contributed by atoms with Crippen LogP contribution in [0.25, 0.3) is 0 Å². The van der Waals surface area contributed by atoms with Crippen LogP contribution in [0.5, 0.6) is 0 Å². The standard InChI is InChI=1S/C22H20F4N2O3/c23-16-5-2-6-17(10-16)28(31-21(30)22(24,25)26)20(29)15-4-1-3-14(9-15)18-11-19(18)27-12-13-7-8-13/h1-6,9-10,13,18-19,27H,7-8,11-12H2. The second-order valence-electron chi connectivity index (χ2n) is 7.88. The van der Waals surface area contributed by atoms with Crippen LogP contribution < -0.4 is 10.4 Å². The van der Waals surface area contributed by atoms with Crippen LogP contribution in [0.15, 0.2) is 48.5 Å². The van der Waals surface area contributed by atoms with E-state index in [9.17, 15) is 27.2 Å². The molecule has 2 fully saturated rings. The average Bonchev–Trinajstić information content (AvgIpc) is 3.64. The molecule has 0 heterocycles. The van der Waals surface area contributed by atoms with E-state index in [-0.39, 0.29) is 22.2 Å². The number of carbonyl (C=O) groups excluding carboxylic acids is 2. The van der Waals surface area contributed by atoms with Crippen molar-refractivity contribution in [2.24, 2.45) is 5.92 Å². The van der Waals surface area contributed by atoms with Crippen molar-refractivity contribution in [1.82, 2.24) is 5.32 Å². The second-order valence-corrected chi connectivity index (χ2v) is 7.88. The van der Waals surface area contributed by atoms with E-state index in [2.05, 4.69) is 10.2 Å². The van der Waals surface area contributed by atoms with Gasteiger partial charge in [-0.3, -0.25) is 4.79 Å². The predicted molar refractivity (Wildman–Crippen MR) is 104 cm³/mol. The number of nitrogens with zero attached hydrogens (tertiary/aromatic N) is 1. The first-order valence-electron chi connectivity index (χ1n) is 9.95. The maximum absolute atomic E-state index is 13.6. The van der Waals surface area contributed by atoms with E-state index >= 15 is 0 Å². The van der Waals surface area contributed by atoms with E-state index in [0.29, 0.717) is 6.04 Å². The number of nitrogens with one attached hydrogen (secondary N) is 1. The molecule has 2 aromatic carbocycles.